The van der Waals surface area contributed by atoms with E-state index >= 15 is 0 Å². The highest BCUT2D eigenvalue weighted by Gasteiger charge is 2.27. The molecule has 1 aromatic carbocycles. The standard InChI is InChI=1S/C16H22BrNO3/c1-16(4-2-5-19-11-16)18-10-12-8-13(17)15-14(9-12)20-6-3-7-21-15/h8-9,18H,2-7,10-11H2,1H3. The van der Waals surface area contributed by atoms with Crippen molar-refractivity contribution in [3.05, 3.63) is 22.2 Å². The second-order valence-corrected chi connectivity index (χ2v) is 6.88. The van der Waals surface area contributed by atoms with Gasteiger partial charge in [0.05, 0.1) is 24.3 Å². The van der Waals surface area contributed by atoms with Crippen LogP contribution in [-0.2, 0) is 11.3 Å². The first-order valence-electron chi connectivity index (χ1n) is 7.57. The van der Waals surface area contributed by atoms with Crippen LogP contribution in [0.3, 0.4) is 0 Å². The lowest BCUT2D eigenvalue weighted by atomic mass is 9.94. The minimum atomic E-state index is 0.0644. The molecule has 0 bridgehead atoms. The Hall–Kier alpha value is -0.780. The van der Waals surface area contributed by atoms with E-state index in [1.54, 1.807) is 0 Å². The lowest BCUT2D eigenvalue weighted by molar-refractivity contribution is 0.0278. The van der Waals surface area contributed by atoms with Crippen LogP contribution in [-0.4, -0.2) is 32.0 Å². The van der Waals surface area contributed by atoms with Crippen molar-refractivity contribution in [2.45, 2.75) is 38.3 Å². The third-order valence-electron chi connectivity index (χ3n) is 4.02. The molecule has 0 aromatic heterocycles. The van der Waals surface area contributed by atoms with E-state index in [9.17, 15) is 0 Å². The number of rotatable bonds is 3. The van der Waals surface area contributed by atoms with Gasteiger partial charge in [0.25, 0.3) is 0 Å². The first-order chi connectivity index (χ1) is 10.2. The lowest BCUT2D eigenvalue weighted by Gasteiger charge is -2.34. The molecule has 5 heteroatoms. The minimum absolute atomic E-state index is 0.0644. The molecule has 0 amide bonds. The van der Waals surface area contributed by atoms with E-state index in [1.165, 1.54) is 5.56 Å². The topological polar surface area (TPSA) is 39.7 Å². The maximum atomic E-state index is 5.78. The summed E-state index contributed by atoms with van der Waals surface area (Å²) in [7, 11) is 0. The molecule has 116 valence electrons. The van der Waals surface area contributed by atoms with Gasteiger partial charge in [0.15, 0.2) is 11.5 Å². The van der Waals surface area contributed by atoms with E-state index in [0.29, 0.717) is 13.2 Å². The van der Waals surface area contributed by atoms with Crippen molar-refractivity contribution in [3.63, 3.8) is 0 Å². The summed E-state index contributed by atoms with van der Waals surface area (Å²) in [5.74, 6) is 1.66. The molecule has 1 atom stereocenters. The van der Waals surface area contributed by atoms with Crippen molar-refractivity contribution < 1.29 is 14.2 Å². The van der Waals surface area contributed by atoms with Gasteiger partial charge >= 0.3 is 0 Å². The second-order valence-electron chi connectivity index (χ2n) is 6.03. The van der Waals surface area contributed by atoms with Crippen LogP contribution < -0.4 is 14.8 Å². The molecule has 1 saturated heterocycles. The first kappa shape index (κ1) is 15.1. The highest BCUT2D eigenvalue weighted by molar-refractivity contribution is 9.10. The smallest absolute Gasteiger partial charge is 0.175 e. The number of ether oxygens (including phenoxy) is 3. The number of halogens is 1. The number of nitrogens with one attached hydrogen (secondary N) is 1. The van der Waals surface area contributed by atoms with E-state index in [2.05, 4.69) is 40.3 Å². The summed E-state index contributed by atoms with van der Waals surface area (Å²) >= 11 is 3.59. The zero-order valence-electron chi connectivity index (χ0n) is 12.4. The van der Waals surface area contributed by atoms with E-state index in [4.69, 9.17) is 14.2 Å². The summed E-state index contributed by atoms with van der Waals surface area (Å²) in [4.78, 5) is 0. The van der Waals surface area contributed by atoms with Crippen molar-refractivity contribution in [3.8, 4) is 11.5 Å². The summed E-state index contributed by atoms with van der Waals surface area (Å²) in [6, 6.07) is 4.18. The Labute approximate surface area is 134 Å². The molecule has 2 aliphatic heterocycles. The third kappa shape index (κ3) is 3.71. The average molecular weight is 356 g/mol. The number of fused-ring (bicyclic) bond motifs is 1. The number of hydrogen-bond donors (Lipinski definition) is 1. The normalized spacial score (nSPS) is 25.4. The van der Waals surface area contributed by atoms with E-state index in [0.717, 1.165) is 55.0 Å². The molecule has 0 saturated carbocycles. The molecule has 21 heavy (non-hydrogen) atoms. The van der Waals surface area contributed by atoms with Gasteiger partial charge in [-0.3, -0.25) is 0 Å². The zero-order chi connectivity index (χ0) is 14.7. The molecule has 0 aliphatic carbocycles. The maximum absolute atomic E-state index is 5.78. The summed E-state index contributed by atoms with van der Waals surface area (Å²) in [6.07, 6.45) is 3.19. The van der Waals surface area contributed by atoms with E-state index in [-0.39, 0.29) is 5.54 Å². The molecule has 1 aromatic rings. The fourth-order valence-electron chi connectivity index (χ4n) is 2.78. The molecule has 0 radical (unpaired) electrons. The Morgan fingerprint density at radius 2 is 2.05 bits per heavy atom. The molecule has 4 nitrogen and oxygen atoms in total. The van der Waals surface area contributed by atoms with Gasteiger partial charge in [0, 0.05) is 25.1 Å². The van der Waals surface area contributed by atoms with Crippen molar-refractivity contribution in [1.82, 2.24) is 5.32 Å². The quantitative estimate of drug-likeness (QED) is 0.903. The molecule has 1 fully saturated rings. The first-order valence-corrected chi connectivity index (χ1v) is 8.36. The molecule has 2 heterocycles. The zero-order valence-corrected chi connectivity index (χ0v) is 14.0. The number of hydrogen-bond acceptors (Lipinski definition) is 4. The van der Waals surface area contributed by atoms with Crippen molar-refractivity contribution in [1.29, 1.82) is 0 Å². The highest BCUT2D eigenvalue weighted by atomic mass is 79.9. The van der Waals surface area contributed by atoms with Gasteiger partial charge in [-0.1, -0.05) is 0 Å². The molecule has 0 spiro atoms. The van der Waals surface area contributed by atoms with Crippen LogP contribution in [0, 0.1) is 0 Å². The van der Waals surface area contributed by atoms with Crippen LogP contribution in [0.25, 0.3) is 0 Å². The Morgan fingerprint density at radius 3 is 2.86 bits per heavy atom. The Morgan fingerprint density at radius 1 is 1.19 bits per heavy atom. The minimum Gasteiger partial charge on any atom is -0.490 e. The largest absolute Gasteiger partial charge is 0.490 e. The molecule has 2 aliphatic rings. The van der Waals surface area contributed by atoms with Crippen LogP contribution >= 0.6 is 15.9 Å². The lowest BCUT2D eigenvalue weighted by Crippen LogP contribution is -2.48. The van der Waals surface area contributed by atoms with Crippen LogP contribution in [0.4, 0.5) is 0 Å². The summed E-state index contributed by atoms with van der Waals surface area (Å²) in [5.41, 5.74) is 1.26. The van der Waals surface area contributed by atoms with E-state index < -0.39 is 0 Å². The Kier molecular flexibility index (Phi) is 4.72. The van der Waals surface area contributed by atoms with Crippen LogP contribution in [0.2, 0.25) is 0 Å². The molecular formula is C16H22BrNO3. The van der Waals surface area contributed by atoms with Crippen LogP contribution in [0.1, 0.15) is 31.7 Å². The van der Waals surface area contributed by atoms with E-state index in [1.807, 2.05) is 0 Å². The monoisotopic (exact) mass is 355 g/mol. The maximum Gasteiger partial charge on any atom is 0.175 e. The van der Waals surface area contributed by atoms with Gasteiger partial charge in [-0.2, -0.15) is 0 Å². The average Bonchev–Trinajstić information content (AvgIpc) is 2.72. The van der Waals surface area contributed by atoms with Gasteiger partial charge in [0.2, 0.25) is 0 Å². The van der Waals surface area contributed by atoms with Gasteiger partial charge in [0.1, 0.15) is 0 Å². The van der Waals surface area contributed by atoms with Crippen molar-refractivity contribution in [2.75, 3.05) is 26.4 Å². The fraction of sp³-hybridized carbons (Fsp3) is 0.625. The molecular weight excluding hydrogens is 334 g/mol. The van der Waals surface area contributed by atoms with Gasteiger partial charge < -0.3 is 19.5 Å². The van der Waals surface area contributed by atoms with Gasteiger partial charge in [-0.25, -0.2) is 0 Å². The SMILES string of the molecule is CC1(NCc2cc(Br)c3c(c2)OCCCO3)CCCOC1. The molecule has 3 rings (SSSR count). The highest BCUT2D eigenvalue weighted by Crippen LogP contribution is 2.38. The summed E-state index contributed by atoms with van der Waals surface area (Å²) in [6.45, 7) is 6.10. The predicted octanol–water partition coefficient (Wildman–Crippen LogP) is 3.27. The van der Waals surface area contributed by atoms with Crippen molar-refractivity contribution in [2.24, 2.45) is 0 Å². The molecule has 1 unspecified atom stereocenters. The third-order valence-corrected chi connectivity index (χ3v) is 4.61. The summed E-state index contributed by atoms with van der Waals surface area (Å²) < 4.78 is 18.1. The second kappa shape index (κ2) is 6.55. The van der Waals surface area contributed by atoms with Crippen molar-refractivity contribution >= 4 is 15.9 Å². The Balaban J connectivity index is 1.71. The molecule has 1 N–H and O–H groups in total. The van der Waals surface area contributed by atoms with Crippen LogP contribution in [0.15, 0.2) is 16.6 Å². The fourth-order valence-corrected chi connectivity index (χ4v) is 3.38. The van der Waals surface area contributed by atoms with Gasteiger partial charge in [-0.05, 0) is 53.4 Å². The van der Waals surface area contributed by atoms with Gasteiger partial charge in [-0.15, -0.1) is 0 Å². The number of benzene rings is 1. The summed E-state index contributed by atoms with van der Waals surface area (Å²) in [5, 5.41) is 3.62. The predicted molar refractivity (Wildman–Crippen MR) is 85.0 cm³/mol. The Bertz CT molecular complexity index is 501. The van der Waals surface area contributed by atoms with Crippen LogP contribution in [0.5, 0.6) is 11.5 Å².